The summed E-state index contributed by atoms with van der Waals surface area (Å²) in [6.45, 7) is 0. The second-order valence-electron chi connectivity index (χ2n) is 4.19. The third kappa shape index (κ3) is 3.26. The van der Waals surface area contributed by atoms with Crippen LogP contribution < -0.4 is 5.32 Å². The van der Waals surface area contributed by atoms with Gasteiger partial charge in [-0.3, -0.25) is 9.59 Å². The molecule has 1 amide bonds. The number of hydrogen-bond acceptors (Lipinski definition) is 3. The number of para-hydroxylation sites is 1. The van der Waals surface area contributed by atoms with Crippen LogP contribution in [0.5, 0.6) is 0 Å². The lowest BCUT2D eigenvalue weighted by atomic mass is 10.1. The molecule has 0 aromatic heterocycles. The van der Waals surface area contributed by atoms with Crippen molar-refractivity contribution >= 4 is 29.3 Å². The van der Waals surface area contributed by atoms with Crippen molar-refractivity contribution in [2.24, 2.45) is 0 Å². The Bertz CT molecular complexity index is 461. The average molecular weight is 265 g/mol. The first-order valence-electron chi connectivity index (χ1n) is 5.89. The summed E-state index contributed by atoms with van der Waals surface area (Å²) in [4.78, 5) is 22.4. The standard InChI is InChI=1S/C13H15NO3S/c15-12(16)7-8-18-11-6-5-9-3-1-2-4-10(9)14-13(11)17/h1-4,11H,5-8H2,(H,14,17)(H,15,16). The van der Waals surface area contributed by atoms with E-state index in [1.54, 1.807) is 0 Å². The van der Waals surface area contributed by atoms with Crippen molar-refractivity contribution in [3.05, 3.63) is 29.8 Å². The van der Waals surface area contributed by atoms with Gasteiger partial charge < -0.3 is 10.4 Å². The zero-order valence-corrected chi connectivity index (χ0v) is 10.7. The van der Waals surface area contributed by atoms with E-state index in [9.17, 15) is 9.59 Å². The summed E-state index contributed by atoms with van der Waals surface area (Å²) in [6, 6.07) is 7.78. The minimum absolute atomic E-state index is 0.0182. The highest BCUT2D eigenvalue weighted by atomic mass is 32.2. The molecular formula is C13H15NO3S. The molecule has 0 bridgehead atoms. The van der Waals surface area contributed by atoms with Crippen LogP contribution in [0.1, 0.15) is 18.4 Å². The molecule has 0 aliphatic carbocycles. The number of aryl methyl sites for hydroxylation is 1. The van der Waals surface area contributed by atoms with E-state index >= 15 is 0 Å². The number of nitrogens with one attached hydrogen (secondary N) is 1. The summed E-state index contributed by atoms with van der Waals surface area (Å²) < 4.78 is 0. The van der Waals surface area contributed by atoms with Crippen LogP contribution in [0.3, 0.4) is 0 Å². The van der Waals surface area contributed by atoms with Crippen LogP contribution in [-0.2, 0) is 16.0 Å². The van der Waals surface area contributed by atoms with Gasteiger partial charge in [0.25, 0.3) is 0 Å². The van der Waals surface area contributed by atoms with Gasteiger partial charge in [0.05, 0.1) is 11.7 Å². The SMILES string of the molecule is O=C(O)CCSC1CCc2ccccc2NC1=O. The van der Waals surface area contributed by atoms with Crippen molar-refractivity contribution in [1.82, 2.24) is 0 Å². The van der Waals surface area contributed by atoms with E-state index in [1.807, 2.05) is 24.3 Å². The molecule has 4 nitrogen and oxygen atoms in total. The number of fused-ring (bicyclic) bond motifs is 1. The van der Waals surface area contributed by atoms with Crippen molar-refractivity contribution in [3.63, 3.8) is 0 Å². The summed E-state index contributed by atoms with van der Waals surface area (Å²) in [6.07, 6.45) is 1.70. The highest BCUT2D eigenvalue weighted by Gasteiger charge is 2.23. The molecule has 5 heteroatoms. The Morgan fingerprint density at radius 2 is 2.22 bits per heavy atom. The van der Waals surface area contributed by atoms with E-state index in [0.717, 1.165) is 24.1 Å². The van der Waals surface area contributed by atoms with Crippen LogP contribution in [0.25, 0.3) is 0 Å². The third-order valence-corrected chi connectivity index (χ3v) is 4.17. The minimum Gasteiger partial charge on any atom is -0.481 e. The molecule has 2 N–H and O–H groups in total. The molecule has 0 fully saturated rings. The Morgan fingerprint density at radius 1 is 1.44 bits per heavy atom. The first kappa shape index (κ1) is 13.0. The topological polar surface area (TPSA) is 66.4 Å². The largest absolute Gasteiger partial charge is 0.481 e. The highest BCUT2D eigenvalue weighted by Crippen LogP contribution is 2.27. The molecule has 0 radical (unpaired) electrons. The fourth-order valence-corrected chi connectivity index (χ4v) is 3.01. The second-order valence-corrected chi connectivity index (χ2v) is 5.50. The van der Waals surface area contributed by atoms with E-state index in [0.29, 0.717) is 5.75 Å². The molecule has 1 heterocycles. The molecule has 1 aromatic rings. The summed E-state index contributed by atoms with van der Waals surface area (Å²) in [5, 5.41) is 11.3. The van der Waals surface area contributed by atoms with Crippen LogP contribution in [0.15, 0.2) is 24.3 Å². The Labute approximate surface area is 110 Å². The van der Waals surface area contributed by atoms with Gasteiger partial charge in [-0.15, -0.1) is 11.8 Å². The van der Waals surface area contributed by atoms with Crippen LogP contribution in [0.2, 0.25) is 0 Å². The Morgan fingerprint density at radius 3 is 3.00 bits per heavy atom. The first-order chi connectivity index (χ1) is 8.66. The maximum atomic E-state index is 12.0. The maximum Gasteiger partial charge on any atom is 0.304 e. The molecule has 2 rings (SSSR count). The number of amides is 1. The van der Waals surface area contributed by atoms with Crippen molar-refractivity contribution in [2.75, 3.05) is 11.1 Å². The normalized spacial score (nSPS) is 18.7. The number of carbonyl (C=O) groups is 2. The van der Waals surface area contributed by atoms with Gasteiger partial charge in [0.2, 0.25) is 5.91 Å². The highest BCUT2D eigenvalue weighted by molar-refractivity contribution is 8.00. The monoisotopic (exact) mass is 265 g/mol. The van der Waals surface area contributed by atoms with E-state index < -0.39 is 5.97 Å². The molecule has 0 spiro atoms. The van der Waals surface area contributed by atoms with E-state index in [4.69, 9.17) is 5.11 Å². The molecule has 1 aliphatic rings. The van der Waals surface area contributed by atoms with Crippen LogP contribution in [0, 0.1) is 0 Å². The number of anilines is 1. The lowest BCUT2D eigenvalue weighted by molar-refractivity contribution is -0.136. The first-order valence-corrected chi connectivity index (χ1v) is 6.94. The summed E-state index contributed by atoms with van der Waals surface area (Å²) >= 11 is 1.42. The maximum absolute atomic E-state index is 12.0. The quantitative estimate of drug-likeness (QED) is 0.875. The van der Waals surface area contributed by atoms with Crippen LogP contribution in [0.4, 0.5) is 5.69 Å². The number of carbonyl (C=O) groups excluding carboxylic acids is 1. The van der Waals surface area contributed by atoms with Gasteiger partial charge in [0.1, 0.15) is 0 Å². The number of rotatable bonds is 4. The second kappa shape index (κ2) is 5.91. The fraction of sp³-hybridized carbons (Fsp3) is 0.385. The smallest absolute Gasteiger partial charge is 0.304 e. The number of thioether (sulfide) groups is 1. The number of aliphatic carboxylic acids is 1. The summed E-state index contributed by atoms with van der Waals surface area (Å²) in [5.41, 5.74) is 2.02. The van der Waals surface area contributed by atoms with Crippen molar-refractivity contribution in [1.29, 1.82) is 0 Å². The molecule has 18 heavy (non-hydrogen) atoms. The predicted molar refractivity (Wildman–Crippen MR) is 71.9 cm³/mol. The molecule has 1 aromatic carbocycles. The van der Waals surface area contributed by atoms with Crippen molar-refractivity contribution < 1.29 is 14.7 Å². The zero-order chi connectivity index (χ0) is 13.0. The van der Waals surface area contributed by atoms with E-state index in [-0.39, 0.29) is 17.6 Å². The summed E-state index contributed by atoms with van der Waals surface area (Å²) in [5.74, 6) is -0.362. The number of carboxylic acid groups (broad SMARTS) is 1. The van der Waals surface area contributed by atoms with Gasteiger partial charge in [0, 0.05) is 11.4 Å². The lowest BCUT2D eigenvalue weighted by Gasteiger charge is -2.11. The minimum atomic E-state index is -0.820. The van der Waals surface area contributed by atoms with Gasteiger partial charge in [0.15, 0.2) is 0 Å². The Kier molecular flexibility index (Phi) is 4.25. The number of hydrogen-bond donors (Lipinski definition) is 2. The van der Waals surface area contributed by atoms with Crippen LogP contribution >= 0.6 is 11.8 Å². The molecule has 1 aliphatic heterocycles. The predicted octanol–water partition coefficient (Wildman–Crippen LogP) is 2.15. The van der Waals surface area contributed by atoms with E-state index in [2.05, 4.69) is 5.32 Å². The van der Waals surface area contributed by atoms with E-state index in [1.165, 1.54) is 11.8 Å². The third-order valence-electron chi connectivity index (χ3n) is 2.88. The molecule has 96 valence electrons. The molecule has 0 saturated carbocycles. The van der Waals surface area contributed by atoms with Gasteiger partial charge in [-0.05, 0) is 24.5 Å². The fourth-order valence-electron chi connectivity index (χ4n) is 1.94. The Balaban J connectivity index is 1.97. The molecular weight excluding hydrogens is 250 g/mol. The average Bonchev–Trinajstić information content (AvgIpc) is 2.49. The number of benzene rings is 1. The van der Waals surface area contributed by atoms with Crippen molar-refractivity contribution in [2.45, 2.75) is 24.5 Å². The Hall–Kier alpha value is -1.49. The molecule has 0 saturated heterocycles. The molecule has 1 atom stereocenters. The van der Waals surface area contributed by atoms with Gasteiger partial charge in [-0.1, -0.05) is 18.2 Å². The number of carboxylic acids is 1. The molecule has 1 unspecified atom stereocenters. The van der Waals surface area contributed by atoms with Gasteiger partial charge in [-0.25, -0.2) is 0 Å². The van der Waals surface area contributed by atoms with Crippen molar-refractivity contribution in [3.8, 4) is 0 Å². The lowest BCUT2D eigenvalue weighted by Crippen LogP contribution is -2.24. The zero-order valence-electron chi connectivity index (χ0n) is 9.89. The van der Waals surface area contributed by atoms with Gasteiger partial charge in [-0.2, -0.15) is 0 Å². The summed E-state index contributed by atoms with van der Waals surface area (Å²) in [7, 11) is 0. The van der Waals surface area contributed by atoms with Gasteiger partial charge >= 0.3 is 5.97 Å². The van der Waals surface area contributed by atoms with Crippen LogP contribution in [-0.4, -0.2) is 28.0 Å².